The van der Waals surface area contributed by atoms with Crippen molar-refractivity contribution >= 4 is 0 Å². The SMILES string of the molecule is Cc1cccc(-c2ccccc2O[C@@H](C)C#N)c1. The van der Waals surface area contributed by atoms with E-state index < -0.39 is 6.10 Å². The highest BCUT2D eigenvalue weighted by Gasteiger charge is 2.08. The van der Waals surface area contributed by atoms with Crippen LogP contribution in [0.15, 0.2) is 48.5 Å². The first-order valence-electron chi connectivity index (χ1n) is 5.93. The molecule has 2 rings (SSSR count). The monoisotopic (exact) mass is 237 g/mol. The summed E-state index contributed by atoms with van der Waals surface area (Å²) >= 11 is 0. The first kappa shape index (κ1) is 12.2. The maximum Gasteiger partial charge on any atom is 0.181 e. The summed E-state index contributed by atoms with van der Waals surface area (Å²) in [5.41, 5.74) is 3.33. The van der Waals surface area contributed by atoms with Crippen molar-refractivity contribution in [1.82, 2.24) is 0 Å². The molecule has 0 heterocycles. The van der Waals surface area contributed by atoms with E-state index in [1.807, 2.05) is 36.4 Å². The van der Waals surface area contributed by atoms with Crippen LogP contribution in [-0.4, -0.2) is 6.10 Å². The van der Waals surface area contributed by atoms with E-state index in [0.29, 0.717) is 0 Å². The topological polar surface area (TPSA) is 33.0 Å². The van der Waals surface area contributed by atoms with Gasteiger partial charge in [-0.25, -0.2) is 0 Å². The van der Waals surface area contributed by atoms with Gasteiger partial charge in [-0.15, -0.1) is 0 Å². The molecule has 0 unspecified atom stereocenters. The van der Waals surface area contributed by atoms with E-state index in [0.717, 1.165) is 16.9 Å². The molecule has 2 aromatic rings. The molecule has 2 aromatic carbocycles. The van der Waals surface area contributed by atoms with Crippen LogP contribution in [-0.2, 0) is 0 Å². The zero-order valence-electron chi connectivity index (χ0n) is 10.6. The normalized spacial score (nSPS) is 11.6. The van der Waals surface area contributed by atoms with Gasteiger partial charge in [0.1, 0.15) is 11.8 Å². The van der Waals surface area contributed by atoms with Gasteiger partial charge in [-0.1, -0.05) is 48.0 Å². The summed E-state index contributed by atoms with van der Waals surface area (Å²) in [5, 5.41) is 8.83. The molecule has 90 valence electrons. The first-order chi connectivity index (χ1) is 8.70. The van der Waals surface area contributed by atoms with Gasteiger partial charge in [0.05, 0.1) is 0 Å². The van der Waals surface area contributed by atoms with Gasteiger partial charge in [0.15, 0.2) is 6.10 Å². The van der Waals surface area contributed by atoms with Gasteiger partial charge in [-0.05, 0) is 25.5 Å². The van der Waals surface area contributed by atoms with Crippen molar-refractivity contribution in [2.45, 2.75) is 20.0 Å². The van der Waals surface area contributed by atoms with Crippen molar-refractivity contribution in [2.24, 2.45) is 0 Å². The van der Waals surface area contributed by atoms with Gasteiger partial charge >= 0.3 is 0 Å². The van der Waals surface area contributed by atoms with Gasteiger partial charge in [0.25, 0.3) is 0 Å². The Morgan fingerprint density at radius 2 is 1.89 bits per heavy atom. The first-order valence-corrected chi connectivity index (χ1v) is 5.93. The Morgan fingerprint density at radius 1 is 1.11 bits per heavy atom. The summed E-state index contributed by atoms with van der Waals surface area (Å²) in [7, 11) is 0. The van der Waals surface area contributed by atoms with Gasteiger partial charge in [0.2, 0.25) is 0 Å². The quantitative estimate of drug-likeness (QED) is 0.809. The Morgan fingerprint density at radius 3 is 2.61 bits per heavy atom. The molecular weight excluding hydrogens is 222 g/mol. The molecule has 0 bridgehead atoms. The van der Waals surface area contributed by atoms with Crippen molar-refractivity contribution in [3.63, 3.8) is 0 Å². The van der Waals surface area contributed by atoms with Crippen LogP contribution in [0.2, 0.25) is 0 Å². The molecule has 2 heteroatoms. The van der Waals surface area contributed by atoms with E-state index in [9.17, 15) is 0 Å². The van der Waals surface area contributed by atoms with Gasteiger partial charge in [0, 0.05) is 5.56 Å². The molecule has 0 saturated heterocycles. The third-order valence-corrected chi connectivity index (χ3v) is 2.70. The minimum atomic E-state index is -0.448. The molecule has 0 N–H and O–H groups in total. The van der Waals surface area contributed by atoms with Crippen LogP contribution in [0.1, 0.15) is 12.5 Å². The van der Waals surface area contributed by atoms with E-state index in [-0.39, 0.29) is 0 Å². The Bertz CT molecular complexity index is 584. The van der Waals surface area contributed by atoms with Crippen LogP contribution < -0.4 is 4.74 Å². The Balaban J connectivity index is 2.42. The van der Waals surface area contributed by atoms with Crippen molar-refractivity contribution in [1.29, 1.82) is 5.26 Å². The van der Waals surface area contributed by atoms with Gasteiger partial charge in [-0.2, -0.15) is 5.26 Å². The van der Waals surface area contributed by atoms with Gasteiger partial charge in [-0.3, -0.25) is 0 Å². The van der Waals surface area contributed by atoms with Crippen LogP contribution in [0, 0.1) is 18.3 Å². The van der Waals surface area contributed by atoms with E-state index in [1.165, 1.54) is 5.56 Å². The average Bonchev–Trinajstić information content (AvgIpc) is 2.39. The summed E-state index contributed by atoms with van der Waals surface area (Å²) in [6.07, 6.45) is -0.448. The largest absolute Gasteiger partial charge is 0.475 e. The molecule has 0 fully saturated rings. The molecule has 0 saturated carbocycles. The maximum atomic E-state index is 8.83. The lowest BCUT2D eigenvalue weighted by Crippen LogP contribution is -2.08. The number of hydrogen-bond donors (Lipinski definition) is 0. The smallest absolute Gasteiger partial charge is 0.181 e. The highest BCUT2D eigenvalue weighted by Crippen LogP contribution is 2.30. The summed E-state index contributed by atoms with van der Waals surface area (Å²) in [6, 6.07) is 18.1. The van der Waals surface area contributed by atoms with E-state index in [1.54, 1.807) is 6.92 Å². The second-order valence-electron chi connectivity index (χ2n) is 4.25. The summed E-state index contributed by atoms with van der Waals surface area (Å²) in [4.78, 5) is 0. The molecule has 2 nitrogen and oxygen atoms in total. The maximum absolute atomic E-state index is 8.83. The predicted molar refractivity (Wildman–Crippen MR) is 72.3 cm³/mol. The molecule has 18 heavy (non-hydrogen) atoms. The standard InChI is InChI=1S/C16H15NO/c1-12-6-5-7-14(10-12)15-8-3-4-9-16(15)18-13(2)11-17/h3-10,13H,1-2H3/t13-/m0/s1. The molecule has 0 amide bonds. The molecule has 0 aromatic heterocycles. The fraction of sp³-hybridized carbons (Fsp3) is 0.188. The second-order valence-corrected chi connectivity index (χ2v) is 4.25. The van der Waals surface area contributed by atoms with Crippen molar-refractivity contribution in [3.8, 4) is 22.9 Å². The zero-order valence-corrected chi connectivity index (χ0v) is 10.6. The fourth-order valence-corrected chi connectivity index (χ4v) is 1.84. The number of ether oxygens (including phenoxy) is 1. The fourth-order valence-electron chi connectivity index (χ4n) is 1.84. The van der Waals surface area contributed by atoms with Crippen LogP contribution >= 0.6 is 0 Å². The molecular formula is C16H15NO. The third kappa shape index (κ3) is 2.70. The minimum Gasteiger partial charge on any atom is -0.475 e. The number of hydrogen-bond acceptors (Lipinski definition) is 2. The van der Waals surface area contributed by atoms with E-state index in [2.05, 4.69) is 25.1 Å². The van der Waals surface area contributed by atoms with Crippen LogP contribution in [0.4, 0.5) is 0 Å². The number of aryl methyl sites for hydroxylation is 1. The molecule has 0 spiro atoms. The molecule has 0 aliphatic heterocycles. The van der Waals surface area contributed by atoms with E-state index >= 15 is 0 Å². The number of para-hydroxylation sites is 1. The lowest BCUT2D eigenvalue weighted by Gasteiger charge is -2.13. The molecule has 1 atom stereocenters. The highest BCUT2D eigenvalue weighted by atomic mass is 16.5. The number of nitrogens with zero attached hydrogens (tertiary/aromatic N) is 1. The zero-order chi connectivity index (χ0) is 13.0. The second kappa shape index (κ2) is 5.37. The highest BCUT2D eigenvalue weighted by molar-refractivity contribution is 5.70. The van der Waals surface area contributed by atoms with Crippen molar-refractivity contribution in [2.75, 3.05) is 0 Å². The van der Waals surface area contributed by atoms with Crippen molar-refractivity contribution < 1.29 is 4.74 Å². The average molecular weight is 237 g/mol. The van der Waals surface area contributed by atoms with Gasteiger partial charge < -0.3 is 4.74 Å². The summed E-state index contributed by atoms with van der Waals surface area (Å²) in [5.74, 6) is 0.747. The summed E-state index contributed by atoms with van der Waals surface area (Å²) < 4.78 is 5.63. The van der Waals surface area contributed by atoms with Crippen LogP contribution in [0.3, 0.4) is 0 Å². The van der Waals surface area contributed by atoms with E-state index in [4.69, 9.17) is 10.00 Å². The summed E-state index contributed by atoms with van der Waals surface area (Å²) in [6.45, 7) is 3.80. The molecule has 0 aliphatic rings. The minimum absolute atomic E-state index is 0.448. The Hall–Kier alpha value is -2.27. The number of benzene rings is 2. The number of rotatable bonds is 3. The Labute approximate surface area is 107 Å². The third-order valence-electron chi connectivity index (χ3n) is 2.70. The van der Waals surface area contributed by atoms with Crippen LogP contribution in [0.5, 0.6) is 5.75 Å². The number of nitriles is 1. The van der Waals surface area contributed by atoms with Crippen molar-refractivity contribution in [3.05, 3.63) is 54.1 Å². The molecule has 0 radical (unpaired) electrons. The molecule has 0 aliphatic carbocycles. The predicted octanol–water partition coefficient (Wildman–Crippen LogP) is 3.95. The lowest BCUT2D eigenvalue weighted by molar-refractivity contribution is 0.277. The van der Waals surface area contributed by atoms with Crippen LogP contribution in [0.25, 0.3) is 11.1 Å². The lowest BCUT2D eigenvalue weighted by atomic mass is 10.0. The Kier molecular flexibility index (Phi) is 3.64.